The normalized spacial score (nSPS) is 34.6. The number of hydrogen-bond acceptors (Lipinski definition) is 2. The van der Waals surface area contributed by atoms with Crippen LogP contribution in [0.25, 0.3) is 0 Å². The van der Waals surface area contributed by atoms with Crippen LogP contribution in [0.15, 0.2) is 12.7 Å². The Morgan fingerprint density at radius 1 is 1.18 bits per heavy atom. The molecule has 0 aromatic heterocycles. The van der Waals surface area contributed by atoms with Gasteiger partial charge in [0, 0.05) is 0 Å². The van der Waals surface area contributed by atoms with Crippen LogP contribution in [0, 0.1) is 5.41 Å². The first-order valence-electron chi connectivity index (χ1n) is 6.57. The zero-order chi connectivity index (χ0) is 12.9. The van der Waals surface area contributed by atoms with Crippen LogP contribution in [0.5, 0.6) is 0 Å². The van der Waals surface area contributed by atoms with Gasteiger partial charge in [0.1, 0.15) is 0 Å². The molecule has 0 aromatic carbocycles. The van der Waals surface area contributed by atoms with Crippen LogP contribution < -0.4 is 0 Å². The van der Waals surface area contributed by atoms with E-state index in [0.29, 0.717) is 4.25 Å². The third-order valence-corrected chi connectivity index (χ3v) is 12.1. The minimum absolute atomic E-state index is 0.165. The fourth-order valence-electron chi connectivity index (χ4n) is 3.06. The van der Waals surface area contributed by atoms with Gasteiger partial charge in [-0.15, -0.1) is 0 Å². The molecule has 1 spiro atoms. The topological polar surface area (TPSA) is 18.5 Å². The molecular weight excluding hydrogens is 273 g/mol. The predicted molar refractivity (Wildman–Crippen MR) is 73.9 cm³/mol. The van der Waals surface area contributed by atoms with Crippen molar-refractivity contribution in [1.82, 2.24) is 0 Å². The molecule has 0 N–H and O–H groups in total. The van der Waals surface area contributed by atoms with E-state index in [0.717, 1.165) is 26.1 Å². The summed E-state index contributed by atoms with van der Waals surface area (Å²) in [5, 5.41) is 0. The second-order valence-electron chi connectivity index (χ2n) is 7.50. The van der Waals surface area contributed by atoms with E-state index in [1.807, 2.05) is 0 Å². The van der Waals surface area contributed by atoms with E-state index in [-0.39, 0.29) is 11.2 Å². The Morgan fingerprint density at radius 3 is 2.12 bits per heavy atom. The van der Waals surface area contributed by atoms with Crippen LogP contribution in [0.1, 0.15) is 26.7 Å². The van der Waals surface area contributed by atoms with E-state index in [1.165, 1.54) is 0 Å². The average molecular weight is 299 g/mol. The van der Waals surface area contributed by atoms with E-state index >= 15 is 0 Å². The Kier molecular flexibility index (Phi) is 3.08. The molecule has 3 heteroatoms. The van der Waals surface area contributed by atoms with E-state index in [1.54, 1.807) is 0 Å². The van der Waals surface area contributed by atoms with Gasteiger partial charge >= 0.3 is 108 Å². The molecular formula is C14H26GeO2. The van der Waals surface area contributed by atoms with Crippen molar-refractivity contribution in [3.63, 3.8) is 0 Å². The monoisotopic (exact) mass is 300 g/mol. The standard InChI is InChI=1S/C14H26GeO2/c1-7-8-13(15(4,5)6)9-14(13)16-10-12(2,3)11-17-14/h7H,1,8-11H2,2-6H3/t13-/m0/s1. The molecule has 1 atom stereocenters. The summed E-state index contributed by atoms with van der Waals surface area (Å²) < 4.78 is 12.6. The van der Waals surface area contributed by atoms with Crippen LogP contribution in [-0.4, -0.2) is 32.3 Å². The number of rotatable bonds is 3. The summed E-state index contributed by atoms with van der Waals surface area (Å²) in [5.74, 6) is 7.13. The SMILES string of the molecule is C=CC[C@]1([Ge]([CH3])([CH3])[CH3])CC12OCC(C)(C)CO2. The van der Waals surface area contributed by atoms with E-state index in [4.69, 9.17) is 9.47 Å². The first-order valence-corrected chi connectivity index (χ1v) is 13.9. The summed E-state index contributed by atoms with van der Waals surface area (Å²) in [4.78, 5) is 0. The molecule has 2 nitrogen and oxygen atoms in total. The molecule has 2 fully saturated rings. The zero-order valence-electron chi connectivity index (χ0n) is 11.9. The molecule has 2 aliphatic rings. The van der Waals surface area contributed by atoms with Gasteiger partial charge in [-0.3, -0.25) is 0 Å². The predicted octanol–water partition coefficient (Wildman–Crippen LogP) is 3.81. The van der Waals surface area contributed by atoms with Gasteiger partial charge in [0.05, 0.1) is 0 Å². The van der Waals surface area contributed by atoms with Crippen molar-refractivity contribution in [1.29, 1.82) is 0 Å². The Labute approximate surface area is 108 Å². The Balaban J connectivity index is 2.18. The van der Waals surface area contributed by atoms with Gasteiger partial charge in [-0.05, 0) is 0 Å². The van der Waals surface area contributed by atoms with Crippen LogP contribution in [0.4, 0.5) is 0 Å². The molecule has 17 heavy (non-hydrogen) atoms. The molecule has 1 saturated carbocycles. The van der Waals surface area contributed by atoms with Gasteiger partial charge in [-0.1, -0.05) is 0 Å². The van der Waals surface area contributed by atoms with Crippen molar-refractivity contribution < 1.29 is 9.47 Å². The zero-order valence-corrected chi connectivity index (χ0v) is 14.0. The van der Waals surface area contributed by atoms with Gasteiger partial charge in [-0.2, -0.15) is 0 Å². The van der Waals surface area contributed by atoms with Crippen LogP contribution >= 0.6 is 0 Å². The second kappa shape index (κ2) is 3.85. The summed E-state index contributed by atoms with van der Waals surface area (Å²) in [5.41, 5.74) is 0.165. The quantitative estimate of drug-likeness (QED) is 0.582. The maximum absolute atomic E-state index is 6.16. The van der Waals surface area contributed by atoms with E-state index in [2.05, 4.69) is 43.8 Å². The summed E-state index contributed by atoms with van der Waals surface area (Å²) in [6.45, 7) is 9.98. The fourth-order valence-corrected chi connectivity index (χ4v) is 8.94. The Bertz CT molecular complexity index is 320. The van der Waals surface area contributed by atoms with Gasteiger partial charge in [0.2, 0.25) is 0 Å². The van der Waals surface area contributed by atoms with Gasteiger partial charge in [-0.25, -0.2) is 0 Å². The third-order valence-electron chi connectivity index (χ3n) is 4.46. The summed E-state index contributed by atoms with van der Waals surface area (Å²) in [6, 6.07) is 0. The van der Waals surface area contributed by atoms with Crippen molar-refractivity contribution in [3.05, 3.63) is 12.7 Å². The van der Waals surface area contributed by atoms with Crippen LogP contribution in [0.3, 0.4) is 0 Å². The molecule has 0 aromatic rings. The number of ether oxygens (including phenoxy) is 2. The first kappa shape index (κ1) is 13.6. The third kappa shape index (κ3) is 2.02. The second-order valence-corrected chi connectivity index (χ2v) is 18.9. The molecule has 1 aliphatic carbocycles. The Hall–Kier alpha value is 0.203. The molecule has 0 bridgehead atoms. The van der Waals surface area contributed by atoms with E-state index < -0.39 is 13.3 Å². The first-order chi connectivity index (χ1) is 7.68. The summed E-state index contributed by atoms with van der Waals surface area (Å²) >= 11 is -1.85. The molecule has 1 aliphatic heterocycles. The molecule has 0 amide bonds. The number of hydrogen-bond donors (Lipinski definition) is 0. The van der Waals surface area contributed by atoms with Crippen molar-refractivity contribution in [2.24, 2.45) is 5.41 Å². The average Bonchev–Trinajstić information content (AvgIpc) is 2.82. The van der Waals surface area contributed by atoms with E-state index in [9.17, 15) is 0 Å². The molecule has 1 saturated heterocycles. The Morgan fingerprint density at radius 2 is 1.71 bits per heavy atom. The van der Waals surface area contributed by atoms with Crippen LogP contribution in [-0.2, 0) is 9.47 Å². The molecule has 0 radical (unpaired) electrons. The molecule has 1 heterocycles. The summed E-state index contributed by atoms with van der Waals surface area (Å²) in [7, 11) is 0. The maximum atomic E-state index is 6.16. The van der Waals surface area contributed by atoms with Gasteiger partial charge in [0.25, 0.3) is 0 Å². The molecule has 98 valence electrons. The van der Waals surface area contributed by atoms with Crippen molar-refractivity contribution in [3.8, 4) is 0 Å². The number of allylic oxidation sites excluding steroid dienone is 1. The molecule has 0 unspecified atom stereocenters. The van der Waals surface area contributed by atoms with Gasteiger partial charge < -0.3 is 0 Å². The van der Waals surface area contributed by atoms with Crippen molar-refractivity contribution >= 4 is 13.3 Å². The van der Waals surface area contributed by atoms with Crippen molar-refractivity contribution in [2.45, 2.75) is 54.0 Å². The fraction of sp³-hybridized carbons (Fsp3) is 0.857. The minimum atomic E-state index is -1.85. The molecule has 2 rings (SSSR count). The van der Waals surface area contributed by atoms with Crippen molar-refractivity contribution in [2.75, 3.05) is 13.2 Å². The van der Waals surface area contributed by atoms with Gasteiger partial charge in [0.15, 0.2) is 0 Å². The van der Waals surface area contributed by atoms with Crippen LogP contribution in [0.2, 0.25) is 21.5 Å². The summed E-state index contributed by atoms with van der Waals surface area (Å²) in [6.07, 6.45) is 4.19.